The predicted octanol–water partition coefficient (Wildman–Crippen LogP) is 3.54. The summed E-state index contributed by atoms with van der Waals surface area (Å²) in [6.07, 6.45) is 4.07. The van der Waals surface area contributed by atoms with Crippen molar-refractivity contribution in [2.24, 2.45) is 17.3 Å². The normalized spacial score (nSPS) is 29.9. The van der Waals surface area contributed by atoms with Crippen LogP contribution < -0.4 is 0 Å². The fourth-order valence-electron chi connectivity index (χ4n) is 3.34. The lowest BCUT2D eigenvalue weighted by Crippen LogP contribution is -2.46. The molecular formula is C16H30O3. The molecule has 1 saturated carbocycles. The Kier molecular flexibility index (Phi) is 5.43. The molecule has 3 nitrogen and oxygen atoms in total. The van der Waals surface area contributed by atoms with Gasteiger partial charge in [0, 0.05) is 0 Å². The highest BCUT2D eigenvalue weighted by Crippen LogP contribution is 2.44. The molecule has 0 radical (unpaired) electrons. The summed E-state index contributed by atoms with van der Waals surface area (Å²) in [5.41, 5.74) is -0.574. The molecule has 3 heteroatoms. The first-order valence-electron chi connectivity index (χ1n) is 7.63. The zero-order valence-corrected chi connectivity index (χ0v) is 13.2. The smallest absolute Gasteiger partial charge is 0.311 e. The zero-order valence-electron chi connectivity index (χ0n) is 13.2. The number of carbonyl (C=O) groups is 1. The Bertz CT molecular complexity index is 296. The molecule has 0 aliphatic heterocycles. The van der Waals surface area contributed by atoms with Crippen molar-refractivity contribution < 1.29 is 14.6 Å². The first-order chi connectivity index (χ1) is 8.74. The molecule has 0 aromatic rings. The van der Waals surface area contributed by atoms with Gasteiger partial charge in [-0.1, -0.05) is 27.7 Å². The quantitative estimate of drug-likeness (QED) is 0.795. The van der Waals surface area contributed by atoms with Crippen LogP contribution in [0.5, 0.6) is 0 Å². The van der Waals surface area contributed by atoms with Gasteiger partial charge in [0.05, 0.1) is 18.1 Å². The maximum Gasteiger partial charge on any atom is 0.311 e. The van der Waals surface area contributed by atoms with Crippen molar-refractivity contribution in [3.8, 4) is 0 Å². The number of hydrogen-bond acceptors (Lipinski definition) is 3. The minimum atomic E-state index is -0.858. The van der Waals surface area contributed by atoms with Crippen LogP contribution >= 0.6 is 0 Å². The summed E-state index contributed by atoms with van der Waals surface area (Å²) in [4.78, 5) is 12.0. The second-order valence-corrected chi connectivity index (χ2v) is 6.96. The summed E-state index contributed by atoms with van der Waals surface area (Å²) in [5.74, 6) is 0.0301. The molecule has 0 bridgehead atoms. The largest absolute Gasteiger partial charge is 0.466 e. The number of ether oxygens (including phenoxy) is 1. The van der Waals surface area contributed by atoms with Crippen LogP contribution in [0.4, 0.5) is 0 Å². The van der Waals surface area contributed by atoms with E-state index in [2.05, 4.69) is 20.8 Å². The molecule has 0 spiro atoms. The molecule has 19 heavy (non-hydrogen) atoms. The third-order valence-electron chi connectivity index (χ3n) is 4.70. The molecule has 0 heterocycles. The number of esters is 1. The second kappa shape index (κ2) is 6.25. The molecule has 1 N–H and O–H groups in total. The fourth-order valence-corrected chi connectivity index (χ4v) is 3.34. The van der Waals surface area contributed by atoms with Crippen LogP contribution in [0.1, 0.15) is 66.7 Å². The average molecular weight is 270 g/mol. The van der Waals surface area contributed by atoms with Gasteiger partial charge in [-0.3, -0.25) is 4.79 Å². The van der Waals surface area contributed by atoms with Crippen LogP contribution in [0.15, 0.2) is 0 Å². The van der Waals surface area contributed by atoms with E-state index < -0.39 is 5.60 Å². The van der Waals surface area contributed by atoms with E-state index >= 15 is 0 Å². The Balaban J connectivity index is 2.70. The van der Waals surface area contributed by atoms with Gasteiger partial charge in [-0.25, -0.2) is 0 Å². The molecule has 112 valence electrons. The van der Waals surface area contributed by atoms with E-state index in [9.17, 15) is 9.90 Å². The van der Waals surface area contributed by atoms with Crippen LogP contribution in [0.2, 0.25) is 0 Å². The van der Waals surface area contributed by atoms with Crippen molar-refractivity contribution in [2.45, 2.75) is 72.3 Å². The van der Waals surface area contributed by atoms with Crippen molar-refractivity contribution in [1.82, 2.24) is 0 Å². The van der Waals surface area contributed by atoms with Crippen molar-refractivity contribution in [2.75, 3.05) is 6.61 Å². The van der Waals surface area contributed by atoms with E-state index in [-0.39, 0.29) is 17.3 Å². The van der Waals surface area contributed by atoms with Crippen LogP contribution in [-0.2, 0) is 9.53 Å². The first kappa shape index (κ1) is 16.5. The van der Waals surface area contributed by atoms with Gasteiger partial charge >= 0.3 is 5.97 Å². The highest BCUT2D eigenvalue weighted by Gasteiger charge is 2.45. The summed E-state index contributed by atoms with van der Waals surface area (Å²) in [7, 11) is 0. The van der Waals surface area contributed by atoms with Crippen LogP contribution in [0.3, 0.4) is 0 Å². The van der Waals surface area contributed by atoms with Crippen LogP contribution in [0.25, 0.3) is 0 Å². The van der Waals surface area contributed by atoms with E-state index in [0.717, 1.165) is 12.8 Å². The molecule has 1 atom stereocenters. The van der Waals surface area contributed by atoms with Crippen molar-refractivity contribution in [3.63, 3.8) is 0 Å². The molecular weight excluding hydrogens is 240 g/mol. The Labute approximate surface area is 117 Å². The van der Waals surface area contributed by atoms with E-state index in [1.807, 2.05) is 13.8 Å². The van der Waals surface area contributed by atoms with Gasteiger partial charge < -0.3 is 9.84 Å². The van der Waals surface area contributed by atoms with Crippen molar-refractivity contribution in [1.29, 1.82) is 0 Å². The van der Waals surface area contributed by atoms with Gasteiger partial charge in [0.2, 0.25) is 0 Å². The molecule has 1 fully saturated rings. The van der Waals surface area contributed by atoms with Crippen LogP contribution in [-0.4, -0.2) is 23.3 Å². The van der Waals surface area contributed by atoms with Gasteiger partial charge in [-0.2, -0.15) is 0 Å². The lowest BCUT2D eigenvalue weighted by molar-refractivity contribution is -0.163. The van der Waals surface area contributed by atoms with E-state index in [0.29, 0.717) is 31.8 Å². The molecule has 0 saturated heterocycles. The summed E-state index contributed by atoms with van der Waals surface area (Å²) < 4.78 is 5.11. The molecule has 1 aliphatic rings. The maximum atomic E-state index is 12.0. The number of carbonyl (C=O) groups excluding carboxylic acids is 1. The third-order valence-corrected chi connectivity index (χ3v) is 4.70. The lowest BCUT2D eigenvalue weighted by Gasteiger charge is -2.43. The minimum absolute atomic E-state index is 0.235. The maximum absolute atomic E-state index is 12.0. The summed E-state index contributed by atoms with van der Waals surface area (Å²) in [6, 6.07) is 0. The Morgan fingerprint density at radius 3 is 2.21 bits per heavy atom. The first-order valence-corrected chi connectivity index (χ1v) is 7.63. The minimum Gasteiger partial charge on any atom is -0.466 e. The van der Waals surface area contributed by atoms with E-state index in [1.54, 1.807) is 0 Å². The number of aliphatic hydroxyl groups is 1. The zero-order chi connectivity index (χ0) is 14.7. The SMILES string of the molecule is CCOC(=O)C(CC)C1(O)CCC(C(C)(C)C)CC1. The van der Waals surface area contributed by atoms with Gasteiger partial charge in [0.25, 0.3) is 0 Å². The third kappa shape index (κ3) is 3.95. The van der Waals surface area contributed by atoms with Crippen LogP contribution in [0, 0.1) is 17.3 Å². The topological polar surface area (TPSA) is 46.5 Å². The van der Waals surface area contributed by atoms with E-state index in [4.69, 9.17) is 4.74 Å². The highest BCUT2D eigenvalue weighted by atomic mass is 16.5. The Morgan fingerprint density at radius 1 is 1.32 bits per heavy atom. The summed E-state index contributed by atoms with van der Waals surface area (Å²) in [6.45, 7) is 10.9. The Morgan fingerprint density at radius 2 is 1.84 bits per heavy atom. The molecule has 0 aromatic heterocycles. The van der Waals surface area contributed by atoms with Gasteiger partial charge in [0.15, 0.2) is 0 Å². The number of rotatable bonds is 4. The Hall–Kier alpha value is -0.570. The lowest BCUT2D eigenvalue weighted by atomic mass is 9.65. The van der Waals surface area contributed by atoms with Crippen molar-refractivity contribution >= 4 is 5.97 Å². The predicted molar refractivity (Wildman–Crippen MR) is 76.8 cm³/mol. The molecule has 1 aliphatic carbocycles. The molecule has 0 amide bonds. The molecule has 1 rings (SSSR count). The molecule has 1 unspecified atom stereocenters. The standard InChI is InChI=1S/C16H30O3/c1-6-13(14(17)19-7-2)16(18)10-8-12(9-11-16)15(3,4)5/h12-13,18H,6-11H2,1-5H3. The van der Waals surface area contributed by atoms with Gasteiger partial charge in [0.1, 0.15) is 0 Å². The monoisotopic (exact) mass is 270 g/mol. The summed E-state index contributed by atoms with van der Waals surface area (Å²) >= 11 is 0. The van der Waals surface area contributed by atoms with Gasteiger partial charge in [-0.05, 0) is 50.4 Å². The number of hydrogen-bond donors (Lipinski definition) is 1. The van der Waals surface area contributed by atoms with E-state index in [1.165, 1.54) is 0 Å². The van der Waals surface area contributed by atoms with Gasteiger partial charge in [-0.15, -0.1) is 0 Å². The summed E-state index contributed by atoms with van der Waals surface area (Å²) in [5, 5.41) is 10.8. The molecule has 0 aromatic carbocycles. The average Bonchev–Trinajstić information content (AvgIpc) is 2.29. The van der Waals surface area contributed by atoms with Crippen molar-refractivity contribution in [3.05, 3.63) is 0 Å². The second-order valence-electron chi connectivity index (χ2n) is 6.96. The highest BCUT2D eigenvalue weighted by molar-refractivity contribution is 5.73. The fraction of sp³-hybridized carbons (Fsp3) is 0.938.